The SMILES string of the molecule is COC(=O)c1cc(=O)n2cc(OCCCNC(=O)OC(C)(C)C)ccc2c1. The van der Waals surface area contributed by atoms with Crippen molar-refractivity contribution in [3.63, 3.8) is 0 Å². The van der Waals surface area contributed by atoms with Crippen LogP contribution >= 0.6 is 0 Å². The summed E-state index contributed by atoms with van der Waals surface area (Å²) in [6.07, 6.45) is 1.66. The van der Waals surface area contributed by atoms with Crippen LogP contribution in [0.15, 0.2) is 35.3 Å². The van der Waals surface area contributed by atoms with Gasteiger partial charge in [-0.05, 0) is 45.4 Å². The zero-order valence-corrected chi connectivity index (χ0v) is 15.9. The predicted octanol–water partition coefficient (Wildman–Crippen LogP) is 2.38. The Bertz CT molecular complexity index is 882. The molecule has 27 heavy (non-hydrogen) atoms. The number of ether oxygens (including phenoxy) is 3. The molecule has 0 aromatic carbocycles. The molecule has 0 saturated carbocycles. The Morgan fingerprint density at radius 3 is 2.59 bits per heavy atom. The van der Waals surface area contributed by atoms with Crippen LogP contribution in [-0.4, -0.2) is 42.3 Å². The minimum Gasteiger partial charge on any atom is -0.492 e. The Labute approximate surface area is 157 Å². The molecule has 0 radical (unpaired) electrons. The van der Waals surface area contributed by atoms with Crippen LogP contribution in [-0.2, 0) is 9.47 Å². The summed E-state index contributed by atoms with van der Waals surface area (Å²) in [7, 11) is 1.26. The van der Waals surface area contributed by atoms with Gasteiger partial charge in [0.25, 0.3) is 5.56 Å². The first kappa shape index (κ1) is 20.3. The molecule has 146 valence electrons. The van der Waals surface area contributed by atoms with Gasteiger partial charge in [0.15, 0.2) is 0 Å². The van der Waals surface area contributed by atoms with Crippen molar-refractivity contribution in [1.29, 1.82) is 0 Å². The standard InChI is InChI=1S/C19H24N2O6/c1-19(2,3)27-18(24)20-8-5-9-26-15-7-6-14-10-13(17(23)25-4)11-16(22)21(14)12-15/h6-7,10-12H,5,8-9H2,1-4H3,(H,20,24). The van der Waals surface area contributed by atoms with Crippen molar-refractivity contribution in [1.82, 2.24) is 9.72 Å². The van der Waals surface area contributed by atoms with Gasteiger partial charge in [-0.15, -0.1) is 0 Å². The number of nitrogens with zero attached hydrogens (tertiary/aromatic N) is 1. The number of pyridine rings is 2. The van der Waals surface area contributed by atoms with Gasteiger partial charge in [-0.25, -0.2) is 9.59 Å². The first-order valence-corrected chi connectivity index (χ1v) is 8.54. The Balaban J connectivity index is 1.91. The number of methoxy groups -OCH3 is 1. The Hall–Kier alpha value is -3.03. The Morgan fingerprint density at radius 2 is 1.93 bits per heavy atom. The van der Waals surface area contributed by atoms with E-state index in [1.54, 1.807) is 45.2 Å². The lowest BCUT2D eigenvalue weighted by molar-refractivity contribution is 0.0524. The summed E-state index contributed by atoms with van der Waals surface area (Å²) in [5.74, 6) is -0.0555. The molecule has 0 saturated heterocycles. The zero-order chi connectivity index (χ0) is 20.0. The van der Waals surface area contributed by atoms with E-state index in [9.17, 15) is 14.4 Å². The summed E-state index contributed by atoms with van der Waals surface area (Å²) in [5, 5.41) is 2.65. The average molecular weight is 376 g/mol. The van der Waals surface area contributed by atoms with Crippen LogP contribution in [0.2, 0.25) is 0 Å². The number of nitrogens with one attached hydrogen (secondary N) is 1. The number of aromatic nitrogens is 1. The third-order valence-electron chi connectivity index (χ3n) is 3.45. The number of hydrogen-bond donors (Lipinski definition) is 1. The minimum atomic E-state index is -0.563. The topological polar surface area (TPSA) is 95.3 Å². The molecule has 1 N–H and O–H groups in total. The molecular weight excluding hydrogens is 352 g/mol. The highest BCUT2D eigenvalue weighted by Gasteiger charge is 2.15. The van der Waals surface area contributed by atoms with E-state index < -0.39 is 17.7 Å². The predicted molar refractivity (Wildman–Crippen MR) is 99.4 cm³/mol. The second-order valence-corrected chi connectivity index (χ2v) is 6.86. The van der Waals surface area contributed by atoms with Gasteiger partial charge < -0.3 is 19.5 Å². The molecule has 2 rings (SSSR count). The second-order valence-electron chi connectivity index (χ2n) is 6.86. The number of fused-ring (bicyclic) bond motifs is 1. The summed E-state index contributed by atoms with van der Waals surface area (Å²) < 4.78 is 16.8. The summed E-state index contributed by atoms with van der Waals surface area (Å²) in [5.41, 5.74) is -0.136. The molecule has 8 nitrogen and oxygen atoms in total. The van der Waals surface area contributed by atoms with E-state index in [2.05, 4.69) is 10.1 Å². The van der Waals surface area contributed by atoms with Crippen LogP contribution < -0.4 is 15.6 Å². The molecule has 2 heterocycles. The lowest BCUT2D eigenvalue weighted by Gasteiger charge is -2.19. The fraction of sp³-hybridized carbons (Fsp3) is 0.421. The number of rotatable bonds is 6. The molecule has 0 aliphatic carbocycles. The summed E-state index contributed by atoms with van der Waals surface area (Å²) in [6.45, 7) is 6.16. The van der Waals surface area contributed by atoms with Crippen LogP contribution in [0.1, 0.15) is 37.6 Å². The number of hydrogen-bond acceptors (Lipinski definition) is 6. The maximum Gasteiger partial charge on any atom is 0.407 e. The van der Waals surface area contributed by atoms with Crippen LogP contribution in [0.3, 0.4) is 0 Å². The third kappa shape index (κ3) is 6.02. The summed E-state index contributed by atoms with van der Waals surface area (Å²) >= 11 is 0. The summed E-state index contributed by atoms with van der Waals surface area (Å²) in [6, 6.07) is 6.17. The second kappa shape index (κ2) is 8.57. The molecule has 0 unspecified atom stereocenters. The normalized spacial score (nSPS) is 11.1. The van der Waals surface area contributed by atoms with Gasteiger partial charge in [-0.2, -0.15) is 0 Å². The molecule has 0 bridgehead atoms. The molecule has 2 aromatic rings. The monoisotopic (exact) mass is 376 g/mol. The van der Waals surface area contributed by atoms with E-state index >= 15 is 0 Å². The number of carbonyl (C=O) groups excluding carboxylic acids is 2. The van der Waals surface area contributed by atoms with Gasteiger partial charge in [0, 0.05) is 18.1 Å². The molecule has 1 amide bonds. The van der Waals surface area contributed by atoms with Crippen molar-refractivity contribution < 1.29 is 23.8 Å². The van der Waals surface area contributed by atoms with Gasteiger partial charge in [0.1, 0.15) is 11.4 Å². The lowest BCUT2D eigenvalue weighted by Crippen LogP contribution is -2.33. The first-order valence-electron chi connectivity index (χ1n) is 8.54. The number of esters is 1. The van der Waals surface area contributed by atoms with Crippen molar-refractivity contribution in [2.24, 2.45) is 0 Å². The van der Waals surface area contributed by atoms with E-state index in [1.807, 2.05) is 0 Å². The zero-order valence-electron chi connectivity index (χ0n) is 15.9. The smallest absolute Gasteiger partial charge is 0.407 e. The molecule has 8 heteroatoms. The van der Waals surface area contributed by atoms with Crippen molar-refractivity contribution in [3.05, 3.63) is 46.4 Å². The molecule has 0 fully saturated rings. The van der Waals surface area contributed by atoms with Crippen molar-refractivity contribution in [2.45, 2.75) is 32.8 Å². The fourth-order valence-electron chi connectivity index (χ4n) is 2.29. The van der Waals surface area contributed by atoms with E-state index in [0.717, 1.165) is 0 Å². The molecular formula is C19H24N2O6. The van der Waals surface area contributed by atoms with E-state index in [4.69, 9.17) is 9.47 Å². The van der Waals surface area contributed by atoms with Crippen LogP contribution in [0.5, 0.6) is 5.75 Å². The first-order chi connectivity index (χ1) is 12.7. The third-order valence-corrected chi connectivity index (χ3v) is 3.45. The fourth-order valence-corrected chi connectivity index (χ4v) is 2.29. The van der Waals surface area contributed by atoms with Crippen molar-refractivity contribution >= 4 is 17.6 Å². The van der Waals surface area contributed by atoms with E-state index in [0.29, 0.717) is 30.8 Å². The van der Waals surface area contributed by atoms with Gasteiger partial charge in [0.05, 0.1) is 25.5 Å². The highest BCUT2D eigenvalue weighted by molar-refractivity contribution is 5.90. The Kier molecular flexibility index (Phi) is 6.44. The highest BCUT2D eigenvalue weighted by Crippen LogP contribution is 2.14. The van der Waals surface area contributed by atoms with Gasteiger partial charge in [-0.3, -0.25) is 9.20 Å². The highest BCUT2D eigenvalue weighted by atomic mass is 16.6. The van der Waals surface area contributed by atoms with Crippen molar-refractivity contribution in [3.8, 4) is 5.75 Å². The maximum absolute atomic E-state index is 12.2. The minimum absolute atomic E-state index is 0.199. The number of amides is 1. The van der Waals surface area contributed by atoms with Gasteiger partial charge in [0.2, 0.25) is 0 Å². The number of carbonyl (C=O) groups is 2. The molecule has 0 atom stereocenters. The van der Waals surface area contributed by atoms with E-state index in [-0.39, 0.29) is 11.1 Å². The van der Waals surface area contributed by atoms with Crippen LogP contribution in [0, 0.1) is 0 Å². The van der Waals surface area contributed by atoms with E-state index in [1.165, 1.54) is 17.6 Å². The largest absolute Gasteiger partial charge is 0.492 e. The maximum atomic E-state index is 12.2. The number of alkyl carbamates (subject to hydrolysis) is 1. The summed E-state index contributed by atoms with van der Waals surface area (Å²) in [4.78, 5) is 35.3. The average Bonchev–Trinajstić information content (AvgIpc) is 2.59. The van der Waals surface area contributed by atoms with Gasteiger partial charge in [-0.1, -0.05) is 0 Å². The molecule has 0 spiro atoms. The van der Waals surface area contributed by atoms with Crippen molar-refractivity contribution in [2.75, 3.05) is 20.3 Å². The Morgan fingerprint density at radius 1 is 1.19 bits per heavy atom. The van der Waals surface area contributed by atoms with Crippen LogP contribution in [0.25, 0.3) is 5.52 Å². The van der Waals surface area contributed by atoms with Gasteiger partial charge >= 0.3 is 12.1 Å². The molecule has 0 aliphatic heterocycles. The lowest BCUT2D eigenvalue weighted by atomic mass is 10.2. The molecule has 0 aliphatic rings. The quantitative estimate of drug-likeness (QED) is 0.614. The molecule has 2 aromatic heterocycles. The van der Waals surface area contributed by atoms with Crippen LogP contribution in [0.4, 0.5) is 4.79 Å².